The number of aromatic nitrogens is 2. The van der Waals surface area contributed by atoms with Crippen LogP contribution in [-0.2, 0) is 0 Å². The van der Waals surface area contributed by atoms with Gasteiger partial charge in [0, 0.05) is 38.8 Å². The van der Waals surface area contributed by atoms with Crippen molar-refractivity contribution in [2.24, 2.45) is 0 Å². The molecule has 0 spiro atoms. The van der Waals surface area contributed by atoms with Gasteiger partial charge >= 0.3 is 0 Å². The van der Waals surface area contributed by atoms with Gasteiger partial charge in [-0.2, -0.15) is 0 Å². The van der Waals surface area contributed by atoms with E-state index in [2.05, 4.69) is 15.3 Å². The van der Waals surface area contributed by atoms with Gasteiger partial charge in [-0.15, -0.1) is 0 Å². The Labute approximate surface area is 145 Å². The van der Waals surface area contributed by atoms with Gasteiger partial charge in [0.25, 0.3) is 11.8 Å². The van der Waals surface area contributed by atoms with Crippen LogP contribution in [0.4, 0.5) is 5.82 Å². The highest BCUT2D eigenvalue weighted by atomic mass is 16.3. The summed E-state index contributed by atoms with van der Waals surface area (Å²) in [6.45, 7) is 5.03. The average molecular weight is 343 g/mol. The number of hydrogen-bond acceptors (Lipinski definition) is 6. The molecule has 3 rings (SSSR count). The molecule has 0 bridgehead atoms. The van der Waals surface area contributed by atoms with E-state index in [1.165, 1.54) is 12.6 Å². The second-order valence-electron chi connectivity index (χ2n) is 5.77. The lowest BCUT2D eigenvalue weighted by molar-refractivity contribution is 0.0714. The van der Waals surface area contributed by atoms with E-state index in [-0.39, 0.29) is 11.8 Å². The maximum absolute atomic E-state index is 12.3. The van der Waals surface area contributed by atoms with E-state index >= 15 is 0 Å². The molecule has 0 saturated carbocycles. The number of hydrogen-bond donors (Lipinski definition) is 1. The fourth-order valence-electron chi connectivity index (χ4n) is 2.67. The monoisotopic (exact) mass is 343 g/mol. The number of carbonyl (C=O) groups excluding carboxylic acids is 2. The van der Waals surface area contributed by atoms with E-state index in [0.29, 0.717) is 50.0 Å². The molecule has 2 aromatic rings. The molecule has 0 aliphatic carbocycles. The van der Waals surface area contributed by atoms with Gasteiger partial charge in [-0.3, -0.25) is 9.59 Å². The lowest BCUT2D eigenvalue weighted by Gasteiger charge is -2.35. The van der Waals surface area contributed by atoms with Gasteiger partial charge in [-0.05, 0) is 18.6 Å². The summed E-state index contributed by atoms with van der Waals surface area (Å²) < 4.78 is 5.16. The van der Waals surface area contributed by atoms with E-state index in [0.717, 1.165) is 6.42 Å². The Kier molecular flexibility index (Phi) is 5.27. The predicted octanol–water partition coefficient (Wildman–Crippen LogP) is 1.17. The molecule has 0 radical (unpaired) electrons. The van der Waals surface area contributed by atoms with Gasteiger partial charge in [0.1, 0.15) is 17.8 Å². The van der Waals surface area contributed by atoms with E-state index in [4.69, 9.17) is 4.42 Å². The maximum atomic E-state index is 12.3. The normalized spacial score (nSPS) is 14.4. The van der Waals surface area contributed by atoms with Crippen LogP contribution in [0.3, 0.4) is 0 Å². The molecule has 1 N–H and O–H groups in total. The Morgan fingerprint density at radius 1 is 1.24 bits per heavy atom. The predicted molar refractivity (Wildman–Crippen MR) is 91.5 cm³/mol. The molecule has 132 valence electrons. The molecular weight excluding hydrogens is 322 g/mol. The first-order valence-electron chi connectivity index (χ1n) is 8.37. The molecule has 8 heteroatoms. The number of amides is 2. The summed E-state index contributed by atoms with van der Waals surface area (Å²) in [6, 6.07) is 5.06. The summed E-state index contributed by atoms with van der Waals surface area (Å²) in [6.07, 6.45) is 3.77. The Morgan fingerprint density at radius 2 is 2.04 bits per heavy atom. The van der Waals surface area contributed by atoms with E-state index in [9.17, 15) is 9.59 Å². The molecule has 2 aromatic heterocycles. The Morgan fingerprint density at radius 3 is 2.72 bits per heavy atom. The third-order valence-electron chi connectivity index (χ3n) is 4.04. The van der Waals surface area contributed by atoms with Crippen LogP contribution in [0.1, 0.15) is 34.4 Å². The van der Waals surface area contributed by atoms with Crippen molar-refractivity contribution in [1.82, 2.24) is 20.2 Å². The summed E-state index contributed by atoms with van der Waals surface area (Å²) in [5.74, 6) is 0.746. The second kappa shape index (κ2) is 7.78. The molecule has 1 aliphatic rings. The first-order chi connectivity index (χ1) is 12.2. The van der Waals surface area contributed by atoms with Gasteiger partial charge in [0.15, 0.2) is 5.76 Å². The molecule has 1 saturated heterocycles. The quantitative estimate of drug-likeness (QED) is 0.876. The van der Waals surface area contributed by atoms with Crippen molar-refractivity contribution in [3.8, 4) is 0 Å². The molecule has 0 atom stereocenters. The van der Waals surface area contributed by atoms with Crippen molar-refractivity contribution < 1.29 is 14.0 Å². The number of piperazine rings is 1. The fourth-order valence-corrected chi connectivity index (χ4v) is 2.67. The topological polar surface area (TPSA) is 91.6 Å². The summed E-state index contributed by atoms with van der Waals surface area (Å²) >= 11 is 0. The van der Waals surface area contributed by atoms with Crippen molar-refractivity contribution in [2.45, 2.75) is 13.3 Å². The van der Waals surface area contributed by atoms with E-state index in [1.54, 1.807) is 23.1 Å². The lowest BCUT2D eigenvalue weighted by atomic mass is 10.2. The van der Waals surface area contributed by atoms with Crippen LogP contribution in [0.15, 0.2) is 35.2 Å². The van der Waals surface area contributed by atoms with Gasteiger partial charge < -0.3 is 19.5 Å². The largest absolute Gasteiger partial charge is 0.459 e. The number of rotatable bonds is 5. The first-order valence-corrected chi connectivity index (χ1v) is 8.37. The number of anilines is 1. The molecule has 1 fully saturated rings. The zero-order valence-corrected chi connectivity index (χ0v) is 14.1. The molecule has 3 heterocycles. The smallest absolute Gasteiger partial charge is 0.289 e. The maximum Gasteiger partial charge on any atom is 0.289 e. The van der Waals surface area contributed by atoms with Crippen molar-refractivity contribution in [1.29, 1.82) is 0 Å². The van der Waals surface area contributed by atoms with Crippen molar-refractivity contribution in [3.05, 3.63) is 42.2 Å². The molecule has 8 nitrogen and oxygen atoms in total. The highest BCUT2D eigenvalue weighted by molar-refractivity contribution is 5.93. The number of carbonyl (C=O) groups is 2. The van der Waals surface area contributed by atoms with Crippen LogP contribution in [0.2, 0.25) is 0 Å². The van der Waals surface area contributed by atoms with Crippen molar-refractivity contribution >= 4 is 17.6 Å². The van der Waals surface area contributed by atoms with Crippen molar-refractivity contribution in [3.63, 3.8) is 0 Å². The average Bonchev–Trinajstić information content (AvgIpc) is 3.20. The number of nitrogens with zero attached hydrogens (tertiary/aromatic N) is 4. The van der Waals surface area contributed by atoms with Gasteiger partial charge in [-0.25, -0.2) is 9.97 Å². The second-order valence-corrected chi connectivity index (χ2v) is 5.77. The first kappa shape index (κ1) is 16.9. The SMILES string of the molecule is CCCNC(=O)c1cc(N2CCN(C(=O)c3ccco3)CC2)ncn1. The van der Waals surface area contributed by atoms with Crippen molar-refractivity contribution in [2.75, 3.05) is 37.6 Å². The van der Waals surface area contributed by atoms with Crippen LogP contribution in [0.5, 0.6) is 0 Å². The fraction of sp³-hybridized carbons (Fsp3) is 0.412. The number of furan rings is 1. The highest BCUT2D eigenvalue weighted by Gasteiger charge is 2.24. The van der Waals surface area contributed by atoms with Crippen LogP contribution < -0.4 is 10.2 Å². The Balaban J connectivity index is 1.61. The minimum absolute atomic E-state index is 0.105. The zero-order valence-electron chi connectivity index (χ0n) is 14.1. The minimum Gasteiger partial charge on any atom is -0.459 e. The molecular formula is C17H21N5O3. The summed E-state index contributed by atoms with van der Waals surface area (Å²) in [4.78, 5) is 36.4. The highest BCUT2D eigenvalue weighted by Crippen LogP contribution is 2.15. The van der Waals surface area contributed by atoms with E-state index < -0.39 is 0 Å². The van der Waals surface area contributed by atoms with Crippen LogP contribution in [0.25, 0.3) is 0 Å². The molecule has 0 unspecified atom stereocenters. The van der Waals surface area contributed by atoms with Crippen LogP contribution in [0, 0.1) is 0 Å². The summed E-state index contributed by atoms with van der Waals surface area (Å²) in [7, 11) is 0. The standard InChI is InChI=1S/C17H21N5O3/c1-2-5-18-16(23)13-11-15(20-12-19-13)21-6-8-22(9-7-21)17(24)14-4-3-10-25-14/h3-4,10-12H,2,5-9H2,1H3,(H,18,23). The summed E-state index contributed by atoms with van der Waals surface area (Å²) in [5.41, 5.74) is 0.354. The third-order valence-corrected chi connectivity index (χ3v) is 4.04. The minimum atomic E-state index is -0.197. The van der Waals surface area contributed by atoms with Gasteiger partial charge in [-0.1, -0.05) is 6.92 Å². The third kappa shape index (κ3) is 3.96. The van der Waals surface area contributed by atoms with Gasteiger partial charge in [0.05, 0.1) is 6.26 Å². The lowest BCUT2D eigenvalue weighted by Crippen LogP contribution is -2.49. The van der Waals surface area contributed by atoms with E-state index in [1.807, 2.05) is 11.8 Å². The molecule has 25 heavy (non-hydrogen) atoms. The molecule has 1 aliphatic heterocycles. The van der Waals surface area contributed by atoms with Gasteiger partial charge in [0.2, 0.25) is 0 Å². The van der Waals surface area contributed by atoms with Crippen LogP contribution >= 0.6 is 0 Å². The Hall–Kier alpha value is -2.90. The van der Waals surface area contributed by atoms with Crippen LogP contribution in [-0.4, -0.2) is 59.4 Å². The zero-order chi connectivity index (χ0) is 17.6. The number of nitrogens with one attached hydrogen (secondary N) is 1. The molecule has 2 amide bonds. The molecule has 0 aromatic carbocycles. The Bertz CT molecular complexity index is 724. The summed E-state index contributed by atoms with van der Waals surface area (Å²) in [5, 5.41) is 2.81.